The third-order valence-corrected chi connectivity index (χ3v) is 1.56. The van der Waals surface area contributed by atoms with Gasteiger partial charge in [0.05, 0.1) is 7.11 Å². The SMILES string of the molecule is C=C(C)c1cccc(OC)c1.CC.CCC. The fourth-order valence-electron chi connectivity index (χ4n) is 0.889. The van der Waals surface area contributed by atoms with Crippen LogP contribution in [0.3, 0.4) is 0 Å². The van der Waals surface area contributed by atoms with Gasteiger partial charge in [0.15, 0.2) is 0 Å². The predicted octanol–water partition coefficient (Wildman–Crippen LogP) is 5.17. The van der Waals surface area contributed by atoms with Crippen molar-refractivity contribution in [2.75, 3.05) is 7.11 Å². The number of allylic oxidation sites excluding steroid dienone is 1. The predicted molar refractivity (Wildman–Crippen MR) is 75.0 cm³/mol. The van der Waals surface area contributed by atoms with Crippen molar-refractivity contribution < 1.29 is 4.74 Å². The highest BCUT2D eigenvalue weighted by Crippen LogP contribution is 2.17. The summed E-state index contributed by atoms with van der Waals surface area (Å²) in [5, 5.41) is 0. The van der Waals surface area contributed by atoms with Crippen LogP contribution in [-0.4, -0.2) is 7.11 Å². The van der Waals surface area contributed by atoms with Gasteiger partial charge in [-0.15, -0.1) is 0 Å². The van der Waals surface area contributed by atoms with Crippen LogP contribution in [0.1, 0.15) is 46.6 Å². The summed E-state index contributed by atoms with van der Waals surface area (Å²) < 4.78 is 5.06. The van der Waals surface area contributed by atoms with Crippen LogP contribution in [0.25, 0.3) is 5.57 Å². The van der Waals surface area contributed by atoms with Gasteiger partial charge in [0.2, 0.25) is 0 Å². The van der Waals surface area contributed by atoms with Crippen LogP contribution in [-0.2, 0) is 0 Å². The molecular formula is C15H26O. The number of methoxy groups -OCH3 is 1. The molecule has 0 spiro atoms. The van der Waals surface area contributed by atoms with E-state index in [-0.39, 0.29) is 0 Å². The average Bonchev–Trinajstić information content (AvgIpc) is 2.33. The minimum Gasteiger partial charge on any atom is -0.497 e. The largest absolute Gasteiger partial charge is 0.497 e. The summed E-state index contributed by atoms with van der Waals surface area (Å²) in [6.45, 7) is 14.1. The smallest absolute Gasteiger partial charge is 0.119 e. The lowest BCUT2D eigenvalue weighted by Crippen LogP contribution is -1.83. The normalized spacial score (nSPS) is 7.88. The van der Waals surface area contributed by atoms with E-state index in [1.807, 2.05) is 45.0 Å². The lowest BCUT2D eigenvalue weighted by Gasteiger charge is -2.02. The van der Waals surface area contributed by atoms with Gasteiger partial charge in [-0.1, -0.05) is 58.4 Å². The topological polar surface area (TPSA) is 9.23 Å². The van der Waals surface area contributed by atoms with Gasteiger partial charge in [0, 0.05) is 0 Å². The van der Waals surface area contributed by atoms with Crippen LogP contribution < -0.4 is 4.74 Å². The van der Waals surface area contributed by atoms with Crippen LogP contribution in [0.2, 0.25) is 0 Å². The molecule has 1 aromatic carbocycles. The van der Waals surface area contributed by atoms with Crippen molar-refractivity contribution in [1.82, 2.24) is 0 Å². The Balaban J connectivity index is 0. The monoisotopic (exact) mass is 222 g/mol. The van der Waals surface area contributed by atoms with Crippen molar-refractivity contribution in [2.45, 2.75) is 41.0 Å². The highest BCUT2D eigenvalue weighted by Gasteiger charge is 1.94. The molecule has 16 heavy (non-hydrogen) atoms. The van der Waals surface area contributed by atoms with E-state index in [0.29, 0.717) is 0 Å². The third-order valence-electron chi connectivity index (χ3n) is 1.56. The van der Waals surface area contributed by atoms with Crippen molar-refractivity contribution in [3.63, 3.8) is 0 Å². The van der Waals surface area contributed by atoms with E-state index in [2.05, 4.69) is 20.4 Å². The van der Waals surface area contributed by atoms with Crippen LogP contribution in [0.4, 0.5) is 0 Å². The maximum absolute atomic E-state index is 5.06. The Kier molecular flexibility index (Phi) is 12.7. The zero-order valence-electron chi connectivity index (χ0n) is 11.6. The van der Waals surface area contributed by atoms with Crippen LogP contribution >= 0.6 is 0 Å². The van der Waals surface area contributed by atoms with E-state index in [0.717, 1.165) is 16.9 Å². The Labute approximate surface area is 101 Å². The molecule has 1 heteroatoms. The molecule has 1 aromatic rings. The summed E-state index contributed by atoms with van der Waals surface area (Å²) in [5.41, 5.74) is 2.19. The first-order valence-electron chi connectivity index (χ1n) is 5.95. The average molecular weight is 222 g/mol. The van der Waals surface area contributed by atoms with E-state index in [4.69, 9.17) is 4.74 Å². The molecule has 0 aliphatic rings. The van der Waals surface area contributed by atoms with Gasteiger partial charge in [-0.05, 0) is 24.6 Å². The second kappa shape index (κ2) is 11.8. The van der Waals surface area contributed by atoms with E-state index in [9.17, 15) is 0 Å². The molecule has 0 amide bonds. The Morgan fingerprint density at radius 1 is 1.25 bits per heavy atom. The van der Waals surface area contributed by atoms with E-state index >= 15 is 0 Å². The molecule has 0 atom stereocenters. The Hall–Kier alpha value is -1.24. The van der Waals surface area contributed by atoms with Crippen molar-refractivity contribution in [3.05, 3.63) is 36.4 Å². The van der Waals surface area contributed by atoms with Gasteiger partial charge in [-0.3, -0.25) is 0 Å². The molecule has 0 aromatic heterocycles. The lowest BCUT2D eigenvalue weighted by molar-refractivity contribution is 0.414. The maximum atomic E-state index is 5.06. The number of rotatable bonds is 2. The minimum atomic E-state index is 0.880. The van der Waals surface area contributed by atoms with Gasteiger partial charge in [0.1, 0.15) is 5.75 Å². The fraction of sp³-hybridized carbons (Fsp3) is 0.467. The molecule has 0 saturated carbocycles. The van der Waals surface area contributed by atoms with E-state index < -0.39 is 0 Å². The Bertz CT molecular complexity index is 277. The first kappa shape index (κ1) is 17.2. The van der Waals surface area contributed by atoms with Crippen molar-refractivity contribution in [1.29, 1.82) is 0 Å². The molecule has 1 nitrogen and oxygen atoms in total. The number of ether oxygens (including phenoxy) is 1. The van der Waals surface area contributed by atoms with Gasteiger partial charge in [-0.2, -0.15) is 0 Å². The van der Waals surface area contributed by atoms with Crippen molar-refractivity contribution in [3.8, 4) is 5.75 Å². The summed E-state index contributed by atoms with van der Waals surface area (Å²) in [6.07, 6.45) is 1.25. The molecule has 0 aliphatic heterocycles. The minimum absolute atomic E-state index is 0.880. The number of hydrogen-bond acceptors (Lipinski definition) is 1. The first-order chi connectivity index (χ1) is 7.65. The maximum Gasteiger partial charge on any atom is 0.119 e. The van der Waals surface area contributed by atoms with E-state index in [1.54, 1.807) is 7.11 Å². The molecule has 1 rings (SSSR count). The van der Waals surface area contributed by atoms with Gasteiger partial charge in [0.25, 0.3) is 0 Å². The molecule has 92 valence electrons. The Morgan fingerprint density at radius 2 is 1.75 bits per heavy atom. The van der Waals surface area contributed by atoms with Crippen LogP contribution in [0, 0.1) is 0 Å². The highest BCUT2D eigenvalue weighted by molar-refractivity contribution is 5.62. The number of benzene rings is 1. The molecular weight excluding hydrogens is 196 g/mol. The molecule has 0 N–H and O–H groups in total. The summed E-state index contributed by atoms with van der Waals surface area (Å²) >= 11 is 0. The van der Waals surface area contributed by atoms with Crippen LogP contribution in [0.15, 0.2) is 30.8 Å². The van der Waals surface area contributed by atoms with E-state index in [1.165, 1.54) is 6.42 Å². The summed E-state index contributed by atoms with van der Waals surface area (Å²) in [4.78, 5) is 0. The zero-order valence-corrected chi connectivity index (χ0v) is 11.6. The lowest BCUT2D eigenvalue weighted by atomic mass is 10.1. The quantitative estimate of drug-likeness (QED) is 0.670. The molecule has 0 unspecified atom stereocenters. The standard InChI is InChI=1S/C10H12O.C3H8.C2H6/c1-8(2)9-5-4-6-10(7-9)11-3;1-3-2;1-2/h4-7H,1H2,2-3H3;3H2,1-2H3;1-2H3. The van der Waals surface area contributed by atoms with Crippen LogP contribution in [0.5, 0.6) is 5.75 Å². The summed E-state index contributed by atoms with van der Waals surface area (Å²) in [6, 6.07) is 7.88. The molecule has 0 heterocycles. The molecule has 0 aliphatic carbocycles. The Morgan fingerprint density at radius 3 is 2.12 bits per heavy atom. The summed E-state index contributed by atoms with van der Waals surface area (Å²) in [5.74, 6) is 0.880. The second-order valence-corrected chi connectivity index (χ2v) is 3.22. The molecule has 0 radical (unpaired) electrons. The van der Waals surface area contributed by atoms with Gasteiger partial charge in [-0.25, -0.2) is 0 Å². The van der Waals surface area contributed by atoms with Gasteiger partial charge < -0.3 is 4.74 Å². The fourth-order valence-corrected chi connectivity index (χ4v) is 0.889. The van der Waals surface area contributed by atoms with Crippen molar-refractivity contribution in [2.24, 2.45) is 0 Å². The molecule has 0 fully saturated rings. The zero-order chi connectivity index (χ0) is 13.0. The molecule has 0 bridgehead atoms. The number of hydrogen-bond donors (Lipinski definition) is 0. The third kappa shape index (κ3) is 8.10. The van der Waals surface area contributed by atoms with Crippen molar-refractivity contribution >= 4 is 5.57 Å². The second-order valence-electron chi connectivity index (χ2n) is 3.22. The highest BCUT2D eigenvalue weighted by atomic mass is 16.5. The first-order valence-corrected chi connectivity index (χ1v) is 5.95. The van der Waals surface area contributed by atoms with Gasteiger partial charge >= 0.3 is 0 Å². The molecule has 0 saturated heterocycles. The summed E-state index contributed by atoms with van der Waals surface area (Å²) in [7, 11) is 1.66.